The van der Waals surface area contributed by atoms with Crippen molar-refractivity contribution >= 4 is 17.9 Å². The van der Waals surface area contributed by atoms with Gasteiger partial charge in [-0.1, -0.05) is 18.2 Å². The highest BCUT2D eigenvalue weighted by Gasteiger charge is 2.18. The Kier molecular flexibility index (Phi) is 4.61. The SMILES string of the molecule is O=C(O)COc1cccc2c1CCC/C2=C/CC1=CONC=N1. The molecule has 23 heavy (non-hydrogen) atoms. The van der Waals surface area contributed by atoms with Crippen molar-refractivity contribution in [1.29, 1.82) is 0 Å². The van der Waals surface area contributed by atoms with Gasteiger partial charge in [0.25, 0.3) is 0 Å². The van der Waals surface area contributed by atoms with E-state index in [4.69, 9.17) is 14.7 Å². The molecule has 0 radical (unpaired) electrons. The number of fused-ring (bicyclic) bond motifs is 1. The number of carbonyl (C=O) groups is 1. The summed E-state index contributed by atoms with van der Waals surface area (Å²) < 4.78 is 5.42. The number of nitrogens with zero attached hydrogens (tertiary/aromatic N) is 1. The van der Waals surface area contributed by atoms with E-state index in [0.29, 0.717) is 12.2 Å². The smallest absolute Gasteiger partial charge is 0.341 e. The third-order valence-corrected chi connectivity index (χ3v) is 3.81. The van der Waals surface area contributed by atoms with Crippen molar-refractivity contribution in [2.75, 3.05) is 6.61 Å². The lowest BCUT2D eigenvalue weighted by Gasteiger charge is -2.22. The maximum atomic E-state index is 10.7. The summed E-state index contributed by atoms with van der Waals surface area (Å²) in [5, 5.41) is 8.79. The number of hydroxylamine groups is 1. The molecule has 2 N–H and O–H groups in total. The van der Waals surface area contributed by atoms with Crippen molar-refractivity contribution in [3.05, 3.63) is 47.4 Å². The zero-order chi connectivity index (χ0) is 16.1. The number of hydrogen-bond donors (Lipinski definition) is 2. The van der Waals surface area contributed by atoms with Crippen LogP contribution in [0, 0.1) is 0 Å². The molecule has 0 bridgehead atoms. The van der Waals surface area contributed by atoms with Gasteiger partial charge in [-0.2, -0.15) is 0 Å². The van der Waals surface area contributed by atoms with Crippen molar-refractivity contribution in [1.82, 2.24) is 5.48 Å². The van der Waals surface area contributed by atoms with Crippen molar-refractivity contribution < 1.29 is 19.5 Å². The van der Waals surface area contributed by atoms with E-state index in [0.717, 1.165) is 36.1 Å². The third kappa shape index (κ3) is 3.71. The highest BCUT2D eigenvalue weighted by atomic mass is 16.6. The highest BCUT2D eigenvalue weighted by molar-refractivity contribution is 5.73. The molecule has 0 unspecified atom stereocenters. The lowest BCUT2D eigenvalue weighted by molar-refractivity contribution is -0.139. The van der Waals surface area contributed by atoms with Crippen LogP contribution in [0.25, 0.3) is 5.57 Å². The van der Waals surface area contributed by atoms with Gasteiger partial charge in [-0.15, -0.1) is 0 Å². The molecule has 0 spiro atoms. The molecule has 2 aliphatic rings. The molecule has 3 rings (SSSR count). The summed E-state index contributed by atoms with van der Waals surface area (Å²) in [6.07, 6.45) is 8.85. The number of rotatable bonds is 5. The molecule has 1 aromatic rings. The molecule has 1 aromatic carbocycles. The Labute approximate surface area is 134 Å². The van der Waals surface area contributed by atoms with Gasteiger partial charge in [0.05, 0.1) is 5.70 Å². The van der Waals surface area contributed by atoms with Crippen LogP contribution in [-0.2, 0) is 16.1 Å². The quantitative estimate of drug-likeness (QED) is 0.873. The second-order valence-electron chi connectivity index (χ2n) is 5.35. The molecule has 0 amide bonds. The number of carboxylic acid groups (broad SMARTS) is 1. The number of allylic oxidation sites excluding steroid dienone is 2. The van der Waals surface area contributed by atoms with Gasteiger partial charge in [0.15, 0.2) is 6.61 Å². The summed E-state index contributed by atoms with van der Waals surface area (Å²) in [6.45, 7) is -0.318. The number of aliphatic imine (C=N–C) groups is 1. The summed E-state index contributed by atoms with van der Waals surface area (Å²) >= 11 is 0. The van der Waals surface area contributed by atoms with E-state index < -0.39 is 5.97 Å². The molecule has 6 heteroatoms. The fourth-order valence-electron chi connectivity index (χ4n) is 2.80. The zero-order valence-electron chi connectivity index (χ0n) is 12.6. The van der Waals surface area contributed by atoms with E-state index in [1.807, 2.05) is 12.1 Å². The molecule has 0 atom stereocenters. The first-order chi connectivity index (χ1) is 11.2. The van der Waals surface area contributed by atoms with Gasteiger partial charge in [0.1, 0.15) is 18.4 Å². The van der Waals surface area contributed by atoms with Crippen molar-refractivity contribution in [3.63, 3.8) is 0 Å². The maximum Gasteiger partial charge on any atom is 0.341 e. The first-order valence-corrected chi connectivity index (χ1v) is 7.52. The number of aliphatic carboxylic acids is 1. The predicted octanol–water partition coefficient (Wildman–Crippen LogP) is 2.66. The first kappa shape index (κ1) is 15.1. The monoisotopic (exact) mass is 314 g/mol. The lowest BCUT2D eigenvalue weighted by atomic mass is 9.86. The topological polar surface area (TPSA) is 80.2 Å². The molecule has 0 saturated heterocycles. The van der Waals surface area contributed by atoms with Gasteiger partial charge in [0.2, 0.25) is 0 Å². The fraction of sp³-hybridized carbons (Fsp3) is 0.294. The Morgan fingerprint density at radius 1 is 1.43 bits per heavy atom. The van der Waals surface area contributed by atoms with Crippen LogP contribution in [0.1, 0.15) is 30.4 Å². The molecule has 120 valence electrons. The van der Waals surface area contributed by atoms with Gasteiger partial charge in [-0.05, 0) is 36.5 Å². The average Bonchev–Trinajstić information content (AvgIpc) is 2.59. The Morgan fingerprint density at radius 2 is 2.35 bits per heavy atom. The van der Waals surface area contributed by atoms with Crippen LogP contribution in [0.4, 0.5) is 0 Å². The van der Waals surface area contributed by atoms with Crippen molar-refractivity contribution in [2.45, 2.75) is 25.7 Å². The number of ether oxygens (including phenoxy) is 1. The summed E-state index contributed by atoms with van der Waals surface area (Å²) in [5.41, 5.74) is 6.86. The lowest BCUT2D eigenvalue weighted by Crippen LogP contribution is -2.12. The van der Waals surface area contributed by atoms with Crippen LogP contribution in [0.15, 0.2) is 41.2 Å². The first-order valence-electron chi connectivity index (χ1n) is 7.52. The Morgan fingerprint density at radius 3 is 3.13 bits per heavy atom. The molecular weight excluding hydrogens is 296 g/mol. The summed E-state index contributed by atoms with van der Waals surface area (Å²) in [4.78, 5) is 19.9. The average molecular weight is 314 g/mol. The standard InChI is InChI=1S/C17H18N2O4/c20-17(21)10-22-16-6-2-4-14-12(3-1-5-15(14)16)7-8-13-9-23-19-11-18-13/h2,4,6-7,9,11H,1,3,5,8,10H2,(H,18,19)(H,20,21)/b12-7-. The second-order valence-corrected chi connectivity index (χ2v) is 5.35. The fourth-order valence-corrected chi connectivity index (χ4v) is 2.80. The molecule has 0 saturated carbocycles. The van der Waals surface area contributed by atoms with Crippen LogP contribution in [0.3, 0.4) is 0 Å². The molecule has 1 aliphatic heterocycles. The molecule has 1 aliphatic carbocycles. The largest absolute Gasteiger partial charge is 0.482 e. The third-order valence-electron chi connectivity index (χ3n) is 3.81. The zero-order valence-corrected chi connectivity index (χ0v) is 12.6. The number of nitrogens with one attached hydrogen (secondary N) is 1. The summed E-state index contributed by atoms with van der Waals surface area (Å²) in [6, 6.07) is 5.79. The minimum absolute atomic E-state index is 0.318. The Hall–Kier alpha value is -2.76. The minimum atomic E-state index is -0.968. The summed E-state index contributed by atoms with van der Waals surface area (Å²) in [5.74, 6) is -0.303. The van der Waals surface area contributed by atoms with Crippen LogP contribution >= 0.6 is 0 Å². The maximum absolute atomic E-state index is 10.7. The van der Waals surface area contributed by atoms with Crippen molar-refractivity contribution in [2.24, 2.45) is 4.99 Å². The van der Waals surface area contributed by atoms with Gasteiger partial charge < -0.3 is 14.7 Å². The molecular formula is C17H18N2O4. The normalized spacial score (nSPS) is 17.7. The van der Waals surface area contributed by atoms with Crippen LogP contribution < -0.4 is 10.2 Å². The van der Waals surface area contributed by atoms with E-state index in [-0.39, 0.29) is 6.61 Å². The number of hydrogen-bond acceptors (Lipinski definition) is 5. The van der Waals surface area contributed by atoms with Gasteiger partial charge in [0, 0.05) is 12.0 Å². The Balaban J connectivity index is 1.81. The molecule has 1 heterocycles. The molecule has 0 fully saturated rings. The van der Waals surface area contributed by atoms with Crippen LogP contribution in [0.2, 0.25) is 0 Å². The minimum Gasteiger partial charge on any atom is -0.482 e. The molecule has 6 nitrogen and oxygen atoms in total. The Bertz CT molecular complexity index is 692. The number of benzene rings is 1. The molecule has 0 aromatic heterocycles. The van der Waals surface area contributed by atoms with Gasteiger partial charge in [-0.3, -0.25) is 0 Å². The van der Waals surface area contributed by atoms with Gasteiger partial charge >= 0.3 is 5.97 Å². The highest BCUT2D eigenvalue weighted by Crippen LogP contribution is 2.36. The van der Waals surface area contributed by atoms with Crippen LogP contribution in [-0.4, -0.2) is 24.0 Å². The predicted molar refractivity (Wildman–Crippen MR) is 85.9 cm³/mol. The van der Waals surface area contributed by atoms with E-state index in [9.17, 15) is 4.79 Å². The van der Waals surface area contributed by atoms with Crippen molar-refractivity contribution in [3.8, 4) is 5.75 Å². The van der Waals surface area contributed by atoms with E-state index >= 15 is 0 Å². The van der Waals surface area contributed by atoms with E-state index in [1.54, 1.807) is 6.26 Å². The van der Waals surface area contributed by atoms with Gasteiger partial charge in [-0.25, -0.2) is 15.3 Å². The second kappa shape index (κ2) is 7.00. The summed E-state index contributed by atoms with van der Waals surface area (Å²) in [7, 11) is 0. The number of carboxylic acids is 1. The van der Waals surface area contributed by atoms with E-state index in [1.165, 1.54) is 11.9 Å². The van der Waals surface area contributed by atoms with Crippen LogP contribution in [0.5, 0.6) is 5.75 Å². The van der Waals surface area contributed by atoms with E-state index in [2.05, 4.69) is 22.6 Å².